The second-order valence-electron chi connectivity index (χ2n) is 8.90. The molecule has 0 spiro atoms. The second-order valence-corrected chi connectivity index (χ2v) is 8.90. The summed E-state index contributed by atoms with van der Waals surface area (Å²) in [6.07, 6.45) is 9.21. The monoisotopic (exact) mass is 378 g/mol. The van der Waals surface area contributed by atoms with Crippen LogP contribution in [0.15, 0.2) is 18.2 Å². The molecule has 2 heterocycles. The Bertz CT molecular complexity index is 877. The highest BCUT2D eigenvalue weighted by atomic mass is 16.3. The van der Waals surface area contributed by atoms with Gasteiger partial charge in [0.25, 0.3) is 0 Å². The number of benzene rings is 1. The van der Waals surface area contributed by atoms with Crippen LogP contribution in [0.4, 0.5) is 5.82 Å². The number of aromatic nitrogens is 2. The molecule has 2 aromatic rings. The molecule has 5 nitrogen and oxygen atoms in total. The molecule has 0 bridgehead atoms. The molecule has 0 amide bonds. The first-order valence-corrected chi connectivity index (χ1v) is 10.8. The Morgan fingerprint density at radius 2 is 1.82 bits per heavy atom. The average molecular weight is 379 g/mol. The topological polar surface area (TPSA) is 61.3 Å². The van der Waals surface area contributed by atoms with Gasteiger partial charge in [0.1, 0.15) is 17.3 Å². The van der Waals surface area contributed by atoms with Crippen LogP contribution in [0.2, 0.25) is 0 Å². The van der Waals surface area contributed by atoms with Gasteiger partial charge >= 0.3 is 0 Å². The van der Waals surface area contributed by atoms with E-state index in [1.807, 2.05) is 6.07 Å². The number of piperidine rings is 1. The van der Waals surface area contributed by atoms with E-state index in [0.717, 1.165) is 49.3 Å². The van der Waals surface area contributed by atoms with Crippen molar-refractivity contribution in [1.82, 2.24) is 15.1 Å². The summed E-state index contributed by atoms with van der Waals surface area (Å²) in [6, 6.07) is 6.88. The van der Waals surface area contributed by atoms with E-state index in [0.29, 0.717) is 17.7 Å². The number of hydrogen-bond donors (Lipinski definition) is 2. The van der Waals surface area contributed by atoms with Gasteiger partial charge in [0.15, 0.2) is 0 Å². The van der Waals surface area contributed by atoms with E-state index in [-0.39, 0.29) is 0 Å². The Morgan fingerprint density at radius 3 is 2.61 bits per heavy atom. The highest BCUT2D eigenvalue weighted by Crippen LogP contribution is 2.45. The molecule has 1 unspecified atom stereocenters. The van der Waals surface area contributed by atoms with Crippen LogP contribution in [0.1, 0.15) is 61.1 Å². The Morgan fingerprint density at radius 1 is 1.00 bits per heavy atom. The number of phenolic OH excluding ortho intramolecular Hbond substituents is 1. The maximum absolute atomic E-state index is 10.8. The minimum absolute atomic E-state index is 0.381. The van der Waals surface area contributed by atoms with Crippen LogP contribution in [-0.4, -0.2) is 46.4 Å². The number of aromatic hydroxyl groups is 1. The lowest BCUT2D eigenvalue weighted by Crippen LogP contribution is -2.40. The average Bonchev–Trinajstić information content (AvgIpc) is 3.49. The zero-order chi connectivity index (χ0) is 19.1. The van der Waals surface area contributed by atoms with E-state index in [1.165, 1.54) is 48.9 Å². The largest absolute Gasteiger partial charge is 0.507 e. The molecular formula is C23H30N4O. The molecule has 148 valence electrons. The van der Waals surface area contributed by atoms with Crippen LogP contribution in [0.25, 0.3) is 11.3 Å². The molecule has 2 aliphatic carbocycles. The summed E-state index contributed by atoms with van der Waals surface area (Å²) in [4.78, 5) is 2.37. The molecule has 28 heavy (non-hydrogen) atoms. The zero-order valence-corrected chi connectivity index (χ0v) is 16.7. The van der Waals surface area contributed by atoms with E-state index >= 15 is 0 Å². The normalized spacial score (nSPS) is 22.7. The summed E-state index contributed by atoms with van der Waals surface area (Å²) in [5, 5.41) is 23.6. The molecular weight excluding hydrogens is 348 g/mol. The number of rotatable bonds is 3. The van der Waals surface area contributed by atoms with Crippen LogP contribution in [0.5, 0.6) is 5.75 Å². The van der Waals surface area contributed by atoms with E-state index < -0.39 is 0 Å². The van der Waals surface area contributed by atoms with E-state index in [1.54, 1.807) is 0 Å². The predicted molar refractivity (Wildman–Crippen MR) is 112 cm³/mol. The number of aryl methyl sites for hydroxylation is 2. The van der Waals surface area contributed by atoms with Crippen LogP contribution in [0.3, 0.4) is 0 Å². The number of hydrogen-bond acceptors (Lipinski definition) is 5. The van der Waals surface area contributed by atoms with Crippen molar-refractivity contribution in [3.63, 3.8) is 0 Å². The van der Waals surface area contributed by atoms with Gasteiger partial charge in [0.2, 0.25) is 0 Å². The van der Waals surface area contributed by atoms with Gasteiger partial charge in [-0.1, -0.05) is 6.07 Å². The third kappa shape index (κ3) is 3.60. The quantitative estimate of drug-likeness (QED) is 0.842. The number of likely N-dealkylation sites (N-methyl/N-ethyl adjacent to an activating group) is 1. The molecule has 1 aliphatic heterocycles. The Balaban J connectivity index is 1.48. The van der Waals surface area contributed by atoms with Crippen molar-refractivity contribution in [3.05, 3.63) is 34.9 Å². The molecule has 2 fully saturated rings. The maximum Gasteiger partial charge on any atom is 0.149 e. The summed E-state index contributed by atoms with van der Waals surface area (Å²) < 4.78 is 0. The number of phenols is 1. The molecule has 1 saturated carbocycles. The van der Waals surface area contributed by atoms with Crippen molar-refractivity contribution in [1.29, 1.82) is 0 Å². The number of anilines is 1. The van der Waals surface area contributed by atoms with Gasteiger partial charge in [-0.15, -0.1) is 10.2 Å². The lowest BCUT2D eigenvalue weighted by Gasteiger charge is -2.30. The van der Waals surface area contributed by atoms with Crippen molar-refractivity contribution in [2.75, 3.05) is 25.5 Å². The first-order valence-electron chi connectivity index (χ1n) is 10.8. The van der Waals surface area contributed by atoms with Crippen molar-refractivity contribution >= 4 is 5.82 Å². The van der Waals surface area contributed by atoms with Crippen LogP contribution in [-0.2, 0) is 12.8 Å². The van der Waals surface area contributed by atoms with Crippen LogP contribution >= 0.6 is 0 Å². The predicted octanol–water partition coefficient (Wildman–Crippen LogP) is 4.11. The van der Waals surface area contributed by atoms with Crippen LogP contribution in [0, 0.1) is 0 Å². The van der Waals surface area contributed by atoms with Crippen LogP contribution < -0.4 is 5.32 Å². The summed E-state index contributed by atoms with van der Waals surface area (Å²) in [5.41, 5.74) is 5.53. The Labute approximate surface area is 167 Å². The fraction of sp³-hybridized carbons (Fsp3) is 0.565. The standard InChI is InChI=1S/C23H30N4O/c1-27-10-4-7-19(14-27)24-21-13-17-6-3-2-5-16-11-18(15-8-9-15)12-20(28)22(16)23(17)26-25-21/h11-13,15,19,28H,2-10,14H2,1H3,(H,24,25). The summed E-state index contributed by atoms with van der Waals surface area (Å²) in [7, 11) is 2.18. The number of nitrogens with one attached hydrogen (secondary N) is 1. The fourth-order valence-electron chi connectivity index (χ4n) is 4.86. The number of nitrogens with zero attached hydrogens (tertiary/aromatic N) is 3. The van der Waals surface area contributed by atoms with Gasteiger partial charge in [0.05, 0.1) is 0 Å². The van der Waals surface area contributed by atoms with Gasteiger partial charge < -0.3 is 15.3 Å². The first-order chi connectivity index (χ1) is 13.7. The van der Waals surface area contributed by atoms with E-state index in [9.17, 15) is 5.11 Å². The maximum atomic E-state index is 10.8. The SMILES string of the molecule is CN1CCCC(Nc2cc3c(nn2)-c2c(O)cc(C4CC4)cc2CCCC3)C1. The molecule has 1 saturated heterocycles. The molecule has 1 atom stereocenters. The summed E-state index contributed by atoms with van der Waals surface area (Å²) >= 11 is 0. The first kappa shape index (κ1) is 17.9. The lowest BCUT2D eigenvalue weighted by atomic mass is 9.89. The van der Waals surface area contributed by atoms with Gasteiger partial charge in [-0.2, -0.15) is 0 Å². The molecule has 2 N–H and O–H groups in total. The van der Waals surface area contributed by atoms with Crippen molar-refractivity contribution in [2.24, 2.45) is 0 Å². The lowest BCUT2D eigenvalue weighted by molar-refractivity contribution is 0.260. The van der Waals surface area contributed by atoms with Crippen molar-refractivity contribution < 1.29 is 5.11 Å². The van der Waals surface area contributed by atoms with Gasteiger partial charge in [0, 0.05) is 18.2 Å². The van der Waals surface area contributed by atoms with Gasteiger partial charge in [-0.25, -0.2) is 0 Å². The molecule has 3 aliphatic rings. The third-order valence-corrected chi connectivity index (χ3v) is 6.50. The molecule has 5 rings (SSSR count). The van der Waals surface area contributed by atoms with Crippen molar-refractivity contribution in [2.45, 2.75) is 63.3 Å². The molecule has 1 aromatic carbocycles. The highest BCUT2D eigenvalue weighted by molar-refractivity contribution is 5.75. The Kier molecular flexibility index (Phi) is 4.71. The molecule has 5 heteroatoms. The summed E-state index contributed by atoms with van der Waals surface area (Å²) in [5.74, 6) is 1.90. The fourth-order valence-corrected chi connectivity index (χ4v) is 4.86. The number of likely N-dealkylation sites (tertiary alicyclic amines) is 1. The third-order valence-electron chi connectivity index (χ3n) is 6.50. The zero-order valence-electron chi connectivity index (χ0n) is 16.7. The number of fused-ring (bicyclic) bond motifs is 3. The Hall–Kier alpha value is -2.14. The minimum Gasteiger partial charge on any atom is -0.507 e. The smallest absolute Gasteiger partial charge is 0.149 e. The van der Waals surface area contributed by atoms with Crippen molar-refractivity contribution in [3.8, 4) is 17.0 Å². The van der Waals surface area contributed by atoms with Gasteiger partial charge in [-0.3, -0.25) is 0 Å². The summed E-state index contributed by atoms with van der Waals surface area (Å²) in [6.45, 7) is 2.22. The van der Waals surface area contributed by atoms with E-state index in [4.69, 9.17) is 0 Å². The minimum atomic E-state index is 0.381. The van der Waals surface area contributed by atoms with E-state index in [2.05, 4.69) is 39.6 Å². The second kappa shape index (κ2) is 7.36. The molecule has 0 radical (unpaired) electrons. The molecule has 1 aromatic heterocycles. The highest BCUT2D eigenvalue weighted by Gasteiger charge is 2.27. The van der Waals surface area contributed by atoms with Gasteiger partial charge in [-0.05, 0) is 99.7 Å².